The van der Waals surface area contributed by atoms with Crippen LogP contribution in [0.4, 0.5) is 0 Å². The van der Waals surface area contributed by atoms with Crippen LogP contribution < -0.4 is 0 Å². The summed E-state index contributed by atoms with van der Waals surface area (Å²) in [6.45, 7) is 1.31. The Kier molecular flexibility index (Phi) is 4.39. The van der Waals surface area contributed by atoms with E-state index >= 15 is 0 Å². The molecule has 1 N–H and O–H groups in total. The summed E-state index contributed by atoms with van der Waals surface area (Å²) in [6.07, 6.45) is 4.52. The van der Waals surface area contributed by atoms with Crippen LogP contribution in [0.5, 0.6) is 0 Å². The number of hydrogen-bond donors (Lipinski definition) is 1. The minimum Gasteiger partial charge on any atom is -0.481 e. The first kappa shape index (κ1) is 14.9. The molecule has 0 aliphatic carbocycles. The van der Waals surface area contributed by atoms with Crippen molar-refractivity contribution < 1.29 is 18.3 Å². The first-order valence-electron chi connectivity index (χ1n) is 6.39. The molecule has 1 aliphatic rings. The van der Waals surface area contributed by atoms with Crippen LogP contribution in [0.3, 0.4) is 0 Å². The summed E-state index contributed by atoms with van der Waals surface area (Å²) in [5.74, 6) is -1.45. The molecule has 7 heteroatoms. The van der Waals surface area contributed by atoms with Gasteiger partial charge in [-0.2, -0.15) is 0 Å². The van der Waals surface area contributed by atoms with Crippen molar-refractivity contribution in [3.63, 3.8) is 0 Å². The summed E-state index contributed by atoms with van der Waals surface area (Å²) in [4.78, 5) is 17.3. The van der Waals surface area contributed by atoms with E-state index in [1.807, 2.05) is 11.0 Å². The molecular formula is C13H18N2O4S. The largest absolute Gasteiger partial charge is 0.481 e. The maximum absolute atomic E-state index is 11.4. The lowest BCUT2D eigenvalue weighted by molar-refractivity contribution is -0.141. The van der Waals surface area contributed by atoms with Gasteiger partial charge in [0.1, 0.15) is 9.84 Å². The van der Waals surface area contributed by atoms with Crippen molar-refractivity contribution in [3.8, 4) is 0 Å². The first-order chi connectivity index (χ1) is 9.37. The molecule has 1 fully saturated rings. The van der Waals surface area contributed by atoms with Gasteiger partial charge in [-0.05, 0) is 11.6 Å². The van der Waals surface area contributed by atoms with E-state index in [9.17, 15) is 18.3 Å². The average Bonchev–Trinajstić information content (AvgIpc) is 2.81. The van der Waals surface area contributed by atoms with Crippen molar-refractivity contribution in [2.45, 2.75) is 5.92 Å². The minimum absolute atomic E-state index is 0.0547. The number of aromatic nitrogens is 1. The second-order valence-corrected chi connectivity index (χ2v) is 7.49. The van der Waals surface area contributed by atoms with Gasteiger partial charge in [0.25, 0.3) is 0 Å². The number of carboxylic acids is 1. The van der Waals surface area contributed by atoms with Crippen LogP contribution >= 0.6 is 0 Å². The van der Waals surface area contributed by atoms with Gasteiger partial charge >= 0.3 is 5.97 Å². The predicted octanol–water partition coefficient (Wildman–Crippen LogP) is 0.226. The third-order valence-corrected chi connectivity index (χ3v) is 4.53. The molecule has 6 nitrogen and oxygen atoms in total. The van der Waals surface area contributed by atoms with Gasteiger partial charge in [-0.3, -0.25) is 9.78 Å². The SMILES string of the molecule is CS(=O)(=O)CCN1C[C@H](C(=O)O)[C@@H](c2cccnc2)C1. The van der Waals surface area contributed by atoms with Gasteiger partial charge in [0.2, 0.25) is 0 Å². The van der Waals surface area contributed by atoms with E-state index in [-0.39, 0.29) is 11.7 Å². The highest BCUT2D eigenvalue weighted by atomic mass is 32.2. The fourth-order valence-corrected chi connectivity index (χ4v) is 3.14. The summed E-state index contributed by atoms with van der Waals surface area (Å²) >= 11 is 0. The van der Waals surface area contributed by atoms with Crippen molar-refractivity contribution in [2.24, 2.45) is 5.92 Å². The molecule has 0 bridgehead atoms. The maximum Gasteiger partial charge on any atom is 0.308 e. The summed E-state index contributed by atoms with van der Waals surface area (Å²) in [6, 6.07) is 3.65. The van der Waals surface area contributed by atoms with Crippen LogP contribution in [0.1, 0.15) is 11.5 Å². The Hall–Kier alpha value is -1.47. The van der Waals surface area contributed by atoms with E-state index in [1.54, 1.807) is 18.5 Å². The Morgan fingerprint density at radius 1 is 1.50 bits per heavy atom. The molecule has 1 aromatic heterocycles. The number of likely N-dealkylation sites (tertiary alicyclic amines) is 1. The summed E-state index contributed by atoms with van der Waals surface area (Å²) in [7, 11) is -3.03. The number of carbonyl (C=O) groups is 1. The Morgan fingerprint density at radius 2 is 2.25 bits per heavy atom. The zero-order valence-electron chi connectivity index (χ0n) is 11.3. The lowest BCUT2D eigenvalue weighted by Crippen LogP contribution is -2.28. The smallest absolute Gasteiger partial charge is 0.308 e. The zero-order valence-corrected chi connectivity index (χ0v) is 12.1. The monoisotopic (exact) mass is 298 g/mol. The molecule has 0 aromatic carbocycles. The maximum atomic E-state index is 11.4. The van der Waals surface area contributed by atoms with Gasteiger partial charge in [-0.1, -0.05) is 6.07 Å². The molecule has 2 rings (SSSR count). The summed E-state index contributed by atoms with van der Waals surface area (Å²) < 4.78 is 22.4. The molecule has 0 radical (unpaired) electrons. The van der Waals surface area contributed by atoms with E-state index in [0.29, 0.717) is 19.6 Å². The highest BCUT2D eigenvalue weighted by Gasteiger charge is 2.38. The number of carboxylic acid groups (broad SMARTS) is 1. The van der Waals surface area contributed by atoms with Gasteiger partial charge in [0, 0.05) is 44.2 Å². The molecule has 0 unspecified atom stereocenters. The van der Waals surface area contributed by atoms with Gasteiger partial charge in [-0.25, -0.2) is 8.42 Å². The summed E-state index contributed by atoms with van der Waals surface area (Å²) in [5, 5.41) is 9.33. The van der Waals surface area contributed by atoms with Crippen molar-refractivity contribution in [2.75, 3.05) is 31.6 Å². The highest BCUT2D eigenvalue weighted by Crippen LogP contribution is 2.32. The van der Waals surface area contributed by atoms with Crippen molar-refractivity contribution in [3.05, 3.63) is 30.1 Å². The number of pyridine rings is 1. The Balaban J connectivity index is 2.10. The molecular weight excluding hydrogens is 280 g/mol. The minimum atomic E-state index is -3.03. The standard InChI is InChI=1S/C13H18N2O4S/c1-20(18,19)6-5-15-8-11(12(9-15)13(16)17)10-3-2-4-14-7-10/h2-4,7,11-12H,5-6,8-9H2,1H3,(H,16,17)/t11-,12+/m1/s1. The first-order valence-corrected chi connectivity index (χ1v) is 8.45. The number of rotatable bonds is 5. The highest BCUT2D eigenvalue weighted by molar-refractivity contribution is 7.90. The Bertz CT molecular complexity index is 573. The van der Waals surface area contributed by atoms with Gasteiger partial charge in [0.15, 0.2) is 0 Å². The fourth-order valence-electron chi connectivity index (χ4n) is 2.55. The van der Waals surface area contributed by atoms with Gasteiger partial charge < -0.3 is 10.0 Å². The molecule has 1 saturated heterocycles. The number of aliphatic carboxylic acids is 1. The number of sulfone groups is 1. The van der Waals surface area contributed by atoms with E-state index in [1.165, 1.54) is 6.26 Å². The quantitative estimate of drug-likeness (QED) is 0.837. The topological polar surface area (TPSA) is 87.6 Å². The molecule has 0 spiro atoms. The van der Waals surface area contributed by atoms with Gasteiger partial charge in [0.05, 0.1) is 11.7 Å². The van der Waals surface area contributed by atoms with Crippen molar-refractivity contribution >= 4 is 15.8 Å². The second-order valence-electron chi connectivity index (χ2n) is 5.23. The molecule has 1 aliphatic heterocycles. The number of nitrogens with zero attached hydrogens (tertiary/aromatic N) is 2. The van der Waals surface area contributed by atoms with E-state index in [4.69, 9.17) is 0 Å². The second kappa shape index (κ2) is 5.88. The van der Waals surface area contributed by atoms with Crippen LogP contribution in [0.2, 0.25) is 0 Å². The van der Waals surface area contributed by atoms with Crippen LogP contribution in [0, 0.1) is 5.92 Å². The van der Waals surface area contributed by atoms with Crippen LogP contribution in [0.25, 0.3) is 0 Å². The summed E-state index contributed by atoms with van der Waals surface area (Å²) in [5.41, 5.74) is 0.891. The van der Waals surface area contributed by atoms with Gasteiger partial charge in [-0.15, -0.1) is 0 Å². The van der Waals surface area contributed by atoms with Crippen molar-refractivity contribution in [1.29, 1.82) is 0 Å². The average molecular weight is 298 g/mol. The zero-order chi connectivity index (χ0) is 14.8. The van der Waals surface area contributed by atoms with E-state index in [2.05, 4.69) is 4.98 Å². The molecule has 0 amide bonds. The van der Waals surface area contributed by atoms with Crippen LogP contribution in [-0.4, -0.2) is 61.0 Å². The molecule has 1 aromatic rings. The van der Waals surface area contributed by atoms with Crippen molar-refractivity contribution in [1.82, 2.24) is 9.88 Å². The lowest BCUT2D eigenvalue weighted by atomic mass is 9.90. The Morgan fingerprint density at radius 3 is 2.80 bits per heavy atom. The van der Waals surface area contributed by atoms with E-state index in [0.717, 1.165) is 5.56 Å². The number of hydrogen-bond acceptors (Lipinski definition) is 5. The Labute approximate surface area is 118 Å². The van der Waals surface area contributed by atoms with Crippen LogP contribution in [-0.2, 0) is 14.6 Å². The van der Waals surface area contributed by atoms with E-state index < -0.39 is 21.7 Å². The normalized spacial score (nSPS) is 23.9. The molecule has 2 atom stereocenters. The molecule has 0 saturated carbocycles. The van der Waals surface area contributed by atoms with Crippen LogP contribution in [0.15, 0.2) is 24.5 Å². The molecule has 2 heterocycles. The molecule has 20 heavy (non-hydrogen) atoms. The third-order valence-electron chi connectivity index (χ3n) is 3.60. The molecule has 110 valence electrons. The fraction of sp³-hybridized carbons (Fsp3) is 0.538. The predicted molar refractivity (Wildman–Crippen MR) is 74.3 cm³/mol. The lowest BCUT2D eigenvalue weighted by Gasteiger charge is -2.15. The third kappa shape index (κ3) is 3.77.